The smallest absolute Gasteiger partial charge is 0.350 e. The number of thiophene rings is 1. The summed E-state index contributed by atoms with van der Waals surface area (Å²) in [5, 5.41) is 0.836. The average molecular weight is 384 g/mol. The molecule has 1 saturated heterocycles. The van der Waals surface area contributed by atoms with Crippen LogP contribution in [0.25, 0.3) is 10.1 Å². The number of ether oxygens (including phenoxy) is 1. The zero-order chi connectivity index (χ0) is 18.1. The fourth-order valence-electron chi connectivity index (χ4n) is 3.32. The molecular formula is C18H19ClFNO3S. The van der Waals surface area contributed by atoms with Gasteiger partial charge in [-0.25, -0.2) is 9.18 Å². The van der Waals surface area contributed by atoms with Gasteiger partial charge in [0.25, 0.3) is 5.91 Å². The number of nitrogens with zero attached hydrogens (tertiary/aromatic N) is 1. The highest BCUT2D eigenvalue weighted by Crippen LogP contribution is 2.36. The van der Waals surface area contributed by atoms with Crippen LogP contribution in [-0.4, -0.2) is 36.5 Å². The van der Waals surface area contributed by atoms with Gasteiger partial charge in [-0.1, -0.05) is 25.4 Å². The summed E-state index contributed by atoms with van der Waals surface area (Å²) in [5.74, 6) is -0.368. The molecule has 1 aliphatic rings. The molecule has 134 valence electrons. The molecule has 1 amide bonds. The van der Waals surface area contributed by atoms with E-state index in [1.54, 1.807) is 4.90 Å². The summed E-state index contributed by atoms with van der Waals surface area (Å²) >= 11 is 7.26. The molecule has 1 fully saturated rings. The van der Waals surface area contributed by atoms with Crippen LogP contribution in [0.1, 0.15) is 29.9 Å². The van der Waals surface area contributed by atoms with Crippen molar-refractivity contribution in [3.8, 4) is 0 Å². The normalized spacial score (nSPS) is 20.7. The van der Waals surface area contributed by atoms with E-state index in [9.17, 15) is 14.0 Å². The maximum atomic E-state index is 13.3. The molecule has 0 radical (unpaired) electrons. The number of rotatable bonds is 3. The van der Waals surface area contributed by atoms with E-state index in [0.29, 0.717) is 35.0 Å². The molecule has 0 aliphatic carbocycles. The lowest BCUT2D eigenvalue weighted by Crippen LogP contribution is -2.44. The van der Waals surface area contributed by atoms with Crippen LogP contribution in [0.2, 0.25) is 5.02 Å². The van der Waals surface area contributed by atoms with Crippen molar-refractivity contribution >= 4 is 44.9 Å². The Morgan fingerprint density at radius 1 is 1.32 bits per heavy atom. The Kier molecular flexibility index (Phi) is 5.29. The minimum Gasteiger partial charge on any atom is -0.451 e. The molecule has 2 heterocycles. The zero-order valence-electron chi connectivity index (χ0n) is 14.1. The second-order valence-corrected chi connectivity index (χ2v) is 8.14. The first-order valence-electron chi connectivity index (χ1n) is 8.17. The van der Waals surface area contributed by atoms with Crippen molar-refractivity contribution in [1.29, 1.82) is 0 Å². The predicted molar refractivity (Wildman–Crippen MR) is 96.6 cm³/mol. The molecule has 7 heteroatoms. The third-order valence-electron chi connectivity index (χ3n) is 4.33. The summed E-state index contributed by atoms with van der Waals surface area (Å²) in [6, 6.07) is 4.14. The van der Waals surface area contributed by atoms with Crippen molar-refractivity contribution in [3.05, 3.63) is 33.9 Å². The standard InChI is InChI=1S/C18H19ClFNO3S/c1-10-5-11(2)8-21(7-10)15(22)9-24-18(23)17-16(19)13-4-3-12(20)6-14(13)25-17/h3-4,6,10-11H,5,7-9H2,1-2H3/t10-,11-/m1/s1. The van der Waals surface area contributed by atoms with E-state index in [0.717, 1.165) is 17.8 Å². The molecule has 0 bridgehead atoms. The van der Waals surface area contributed by atoms with E-state index in [1.807, 2.05) is 0 Å². The molecule has 0 spiro atoms. The van der Waals surface area contributed by atoms with Crippen molar-refractivity contribution < 1.29 is 18.7 Å². The van der Waals surface area contributed by atoms with E-state index in [-0.39, 0.29) is 22.4 Å². The molecule has 0 N–H and O–H groups in total. The van der Waals surface area contributed by atoms with Gasteiger partial charge in [-0.05, 0) is 36.5 Å². The number of amides is 1. The first kappa shape index (κ1) is 18.1. The molecule has 2 atom stereocenters. The number of piperidine rings is 1. The molecule has 3 rings (SSSR count). The molecule has 1 aliphatic heterocycles. The Morgan fingerprint density at radius 2 is 2.00 bits per heavy atom. The summed E-state index contributed by atoms with van der Waals surface area (Å²) in [6.07, 6.45) is 1.09. The number of carbonyl (C=O) groups excluding carboxylic acids is 2. The van der Waals surface area contributed by atoms with Gasteiger partial charge in [-0.3, -0.25) is 4.79 Å². The Hall–Kier alpha value is -1.66. The van der Waals surface area contributed by atoms with Crippen molar-refractivity contribution in [2.45, 2.75) is 20.3 Å². The number of esters is 1. The van der Waals surface area contributed by atoms with Crippen molar-refractivity contribution in [2.75, 3.05) is 19.7 Å². The maximum absolute atomic E-state index is 13.3. The van der Waals surface area contributed by atoms with E-state index >= 15 is 0 Å². The first-order valence-corrected chi connectivity index (χ1v) is 9.37. The van der Waals surface area contributed by atoms with E-state index in [1.165, 1.54) is 18.2 Å². The minimum atomic E-state index is -0.655. The lowest BCUT2D eigenvalue weighted by atomic mass is 9.92. The number of halogens is 2. The molecule has 1 aromatic carbocycles. The number of carbonyl (C=O) groups is 2. The van der Waals surface area contributed by atoms with Crippen molar-refractivity contribution in [2.24, 2.45) is 11.8 Å². The van der Waals surface area contributed by atoms with Gasteiger partial charge >= 0.3 is 5.97 Å². The lowest BCUT2D eigenvalue weighted by molar-refractivity contribution is -0.137. The second-order valence-electron chi connectivity index (χ2n) is 6.71. The van der Waals surface area contributed by atoms with Crippen LogP contribution in [0.4, 0.5) is 4.39 Å². The third kappa shape index (κ3) is 3.96. The average Bonchev–Trinajstić information content (AvgIpc) is 2.87. The Balaban J connectivity index is 1.66. The quantitative estimate of drug-likeness (QED) is 0.740. The summed E-state index contributed by atoms with van der Waals surface area (Å²) in [4.78, 5) is 26.5. The summed E-state index contributed by atoms with van der Waals surface area (Å²) < 4.78 is 19.0. The highest BCUT2D eigenvalue weighted by molar-refractivity contribution is 7.21. The van der Waals surface area contributed by atoms with Crippen molar-refractivity contribution in [1.82, 2.24) is 4.90 Å². The Morgan fingerprint density at radius 3 is 2.68 bits per heavy atom. The van der Waals surface area contributed by atoms with Gasteiger partial charge in [0.15, 0.2) is 6.61 Å². The van der Waals surface area contributed by atoms with Crippen LogP contribution < -0.4 is 0 Å². The molecule has 2 aromatic rings. The van der Waals surface area contributed by atoms with Crippen LogP contribution in [0, 0.1) is 17.7 Å². The van der Waals surface area contributed by atoms with Crippen LogP contribution in [0.3, 0.4) is 0 Å². The first-order chi connectivity index (χ1) is 11.8. The number of hydrogen-bond acceptors (Lipinski definition) is 4. The van der Waals surface area contributed by atoms with E-state index < -0.39 is 11.8 Å². The molecule has 0 unspecified atom stereocenters. The molecule has 4 nitrogen and oxygen atoms in total. The monoisotopic (exact) mass is 383 g/mol. The fraction of sp³-hybridized carbons (Fsp3) is 0.444. The third-order valence-corrected chi connectivity index (χ3v) is 5.96. The number of hydrogen-bond donors (Lipinski definition) is 0. The van der Waals surface area contributed by atoms with Gasteiger partial charge in [-0.15, -0.1) is 11.3 Å². The van der Waals surface area contributed by atoms with Crippen LogP contribution >= 0.6 is 22.9 Å². The van der Waals surface area contributed by atoms with Gasteiger partial charge < -0.3 is 9.64 Å². The second kappa shape index (κ2) is 7.30. The predicted octanol–water partition coefficient (Wildman–Crippen LogP) is 4.36. The molecule has 0 saturated carbocycles. The SMILES string of the molecule is C[C@@H]1C[C@@H](C)CN(C(=O)COC(=O)c2sc3cc(F)ccc3c2Cl)C1. The minimum absolute atomic E-state index is 0.190. The fourth-order valence-corrected chi connectivity index (χ4v) is 4.75. The summed E-state index contributed by atoms with van der Waals surface area (Å²) in [6.45, 7) is 5.28. The zero-order valence-corrected chi connectivity index (χ0v) is 15.6. The number of benzene rings is 1. The van der Waals surface area contributed by atoms with Crippen molar-refractivity contribution in [3.63, 3.8) is 0 Å². The van der Waals surface area contributed by atoms with Gasteiger partial charge in [0, 0.05) is 23.2 Å². The largest absolute Gasteiger partial charge is 0.451 e. The Labute approximate surface area is 154 Å². The van der Waals surface area contributed by atoms with Crippen LogP contribution in [0.15, 0.2) is 18.2 Å². The Bertz CT molecular complexity index is 812. The van der Waals surface area contributed by atoms with Gasteiger partial charge in [0.1, 0.15) is 10.7 Å². The van der Waals surface area contributed by atoms with Gasteiger partial charge in [0.2, 0.25) is 0 Å². The summed E-state index contributed by atoms with van der Waals surface area (Å²) in [5.41, 5.74) is 0. The van der Waals surface area contributed by atoms with Gasteiger partial charge in [0.05, 0.1) is 5.02 Å². The number of fused-ring (bicyclic) bond motifs is 1. The lowest BCUT2D eigenvalue weighted by Gasteiger charge is -2.34. The topological polar surface area (TPSA) is 46.6 Å². The van der Waals surface area contributed by atoms with Gasteiger partial charge in [-0.2, -0.15) is 0 Å². The molecule has 1 aromatic heterocycles. The maximum Gasteiger partial charge on any atom is 0.350 e. The summed E-state index contributed by atoms with van der Waals surface area (Å²) in [7, 11) is 0. The van der Waals surface area contributed by atoms with E-state index in [4.69, 9.17) is 16.3 Å². The highest BCUT2D eigenvalue weighted by atomic mass is 35.5. The van der Waals surface area contributed by atoms with E-state index in [2.05, 4.69) is 13.8 Å². The highest BCUT2D eigenvalue weighted by Gasteiger charge is 2.27. The van der Waals surface area contributed by atoms with Crippen LogP contribution in [0.5, 0.6) is 0 Å². The molecular weight excluding hydrogens is 365 g/mol. The van der Waals surface area contributed by atoms with Crippen LogP contribution in [-0.2, 0) is 9.53 Å². The molecule has 25 heavy (non-hydrogen) atoms. The number of likely N-dealkylation sites (tertiary alicyclic amines) is 1.